The summed E-state index contributed by atoms with van der Waals surface area (Å²) in [6.07, 6.45) is 7.55. The monoisotopic (exact) mass is 440 g/mol. The van der Waals surface area contributed by atoms with Crippen molar-refractivity contribution in [3.8, 4) is 0 Å². The van der Waals surface area contributed by atoms with Gasteiger partial charge in [-0.05, 0) is 42.4 Å². The van der Waals surface area contributed by atoms with Crippen molar-refractivity contribution in [1.82, 2.24) is 10.4 Å². The number of amides is 2. The molecule has 4 nitrogen and oxygen atoms in total. The van der Waals surface area contributed by atoms with Gasteiger partial charge in [0.05, 0.1) is 4.91 Å². The third-order valence-corrected chi connectivity index (χ3v) is 5.54. The minimum atomic E-state index is -0.280. The lowest BCUT2D eigenvalue weighted by Crippen LogP contribution is -2.44. The number of hydrazine groups is 1. The zero-order valence-corrected chi connectivity index (χ0v) is 17.3. The highest BCUT2D eigenvalue weighted by Gasteiger charge is 2.33. The van der Waals surface area contributed by atoms with E-state index in [1.54, 1.807) is 6.08 Å². The van der Waals surface area contributed by atoms with Crippen LogP contribution in [0.1, 0.15) is 51.0 Å². The Kier molecular flexibility index (Phi) is 8.12. The van der Waals surface area contributed by atoms with Crippen molar-refractivity contribution in [1.29, 1.82) is 0 Å². The van der Waals surface area contributed by atoms with E-state index in [2.05, 4.69) is 28.3 Å². The lowest BCUT2D eigenvalue weighted by molar-refractivity contribution is -0.133. The van der Waals surface area contributed by atoms with Crippen LogP contribution in [-0.4, -0.2) is 21.1 Å². The lowest BCUT2D eigenvalue weighted by atomic mass is 10.1. The summed E-state index contributed by atoms with van der Waals surface area (Å²) in [4.78, 5) is 25.0. The Morgan fingerprint density at radius 2 is 1.92 bits per heavy atom. The first-order valence-electron chi connectivity index (χ1n) is 8.34. The van der Waals surface area contributed by atoms with Crippen molar-refractivity contribution in [3.05, 3.63) is 39.2 Å². The average molecular weight is 441 g/mol. The number of unbranched alkanes of at least 4 members (excludes halogenated alkanes) is 4. The number of carbonyl (C=O) groups is 2. The van der Waals surface area contributed by atoms with Gasteiger partial charge in [-0.2, -0.15) is 5.01 Å². The van der Waals surface area contributed by atoms with E-state index in [1.165, 1.54) is 29.6 Å². The normalized spacial score (nSPS) is 15.9. The van der Waals surface area contributed by atoms with Crippen LogP contribution >= 0.6 is 39.9 Å². The molecule has 0 spiro atoms. The minimum Gasteiger partial charge on any atom is -0.273 e. The SMILES string of the molecule is CCCCCCCC(=O)NN1C(=O)/C(=C/c2ccc(Br)cc2)SC1=S. The number of rotatable bonds is 8. The number of thioether (sulfide) groups is 1. The van der Waals surface area contributed by atoms with E-state index >= 15 is 0 Å². The van der Waals surface area contributed by atoms with Crippen molar-refractivity contribution in [2.24, 2.45) is 0 Å². The van der Waals surface area contributed by atoms with Gasteiger partial charge >= 0.3 is 0 Å². The number of thiocarbonyl (C=S) groups is 1. The molecule has 1 heterocycles. The van der Waals surface area contributed by atoms with Crippen molar-refractivity contribution < 1.29 is 9.59 Å². The first kappa shape index (κ1) is 20.1. The van der Waals surface area contributed by atoms with E-state index in [1.807, 2.05) is 24.3 Å². The molecule has 2 rings (SSSR count). The largest absolute Gasteiger partial charge is 0.285 e. The lowest BCUT2D eigenvalue weighted by Gasteiger charge is -2.15. The van der Waals surface area contributed by atoms with Gasteiger partial charge in [0, 0.05) is 10.9 Å². The van der Waals surface area contributed by atoms with Gasteiger partial charge in [0.25, 0.3) is 5.91 Å². The van der Waals surface area contributed by atoms with Crippen molar-refractivity contribution in [2.75, 3.05) is 0 Å². The maximum absolute atomic E-state index is 12.5. The van der Waals surface area contributed by atoms with Crippen LogP contribution < -0.4 is 5.43 Å². The number of hydrogen-bond acceptors (Lipinski definition) is 4. The van der Waals surface area contributed by atoms with Gasteiger partial charge in [0.2, 0.25) is 5.91 Å². The molecule has 1 aliphatic rings. The fraction of sp³-hybridized carbons (Fsp3) is 0.389. The summed E-state index contributed by atoms with van der Waals surface area (Å²) in [6.45, 7) is 2.16. The summed E-state index contributed by atoms with van der Waals surface area (Å²) in [5.74, 6) is -0.449. The van der Waals surface area contributed by atoms with Gasteiger partial charge < -0.3 is 0 Å². The van der Waals surface area contributed by atoms with Crippen LogP contribution in [0, 0.1) is 0 Å². The van der Waals surface area contributed by atoms with Gasteiger partial charge in [-0.15, -0.1) is 0 Å². The first-order valence-corrected chi connectivity index (χ1v) is 10.4. The fourth-order valence-electron chi connectivity index (χ4n) is 2.34. The standard InChI is InChI=1S/C18H21BrN2O2S2/c1-2-3-4-5-6-7-16(22)20-21-17(23)15(25-18(21)24)12-13-8-10-14(19)11-9-13/h8-12H,2-7H2,1H3,(H,20,22)/b15-12-. The second-order valence-corrected chi connectivity index (χ2v) is 8.36. The molecule has 1 aliphatic heterocycles. The molecule has 1 aromatic rings. The fourth-order valence-corrected chi connectivity index (χ4v) is 3.79. The summed E-state index contributed by atoms with van der Waals surface area (Å²) in [5.41, 5.74) is 3.54. The maximum atomic E-state index is 12.5. The molecule has 0 saturated carbocycles. The van der Waals surface area contributed by atoms with Crippen molar-refractivity contribution >= 4 is 62.1 Å². The Morgan fingerprint density at radius 1 is 1.24 bits per heavy atom. The summed E-state index contributed by atoms with van der Waals surface area (Å²) in [5, 5.41) is 1.18. The predicted molar refractivity (Wildman–Crippen MR) is 111 cm³/mol. The molecule has 0 bridgehead atoms. The summed E-state index contributed by atoms with van der Waals surface area (Å²) >= 11 is 9.81. The molecule has 7 heteroatoms. The van der Waals surface area contributed by atoms with E-state index in [4.69, 9.17) is 12.2 Å². The van der Waals surface area contributed by atoms with Gasteiger partial charge in [-0.25, -0.2) is 0 Å². The van der Waals surface area contributed by atoms with Gasteiger partial charge in [0.1, 0.15) is 0 Å². The molecule has 0 aliphatic carbocycles. The maximum Gasteiger partial charge on any atom is 0.285 e. The molecular weight excluding hydrogens is 420 g/mol. The zero-order chi connectivity index (χ0) is 18.2. The molecule has 1 saturated heterocycles. The second kappa shape index (κ2) is 10.1. The topological polar surface area (TPSA) is 49.4 Å². The Hall–Kier alpha value is -1.18. The van der Waals surface area contributed by atoms with Gasteiger partial charge in [-0.1, -0.05) is 72.4 Å². The molecule has 1 N–H and O–H groups in total. The quantitative estimate of drug-likeness (QED) is 0.349. The van der Waals surface area contributed by atoms with Crippen LogP contribution in [0.2, 0.25) is 0 Å². The molecular formula is C18H21BrN2O2S2. The van der Waals surface area contributed by atoms with Crippen LogP contribution in [-0.2, 0) is 9.59 Å². The summed E-state index contributed by atoms with van der Waals surface area (Å²) < 4.78 is 1.33. The summed E-state index contributed by atoms with van der Waals surface area (Å²) in [6, 6.07) is 7.64. The molecule has 0 aromatic heterocycles. The highest BCUT2D eigenvalue weighted by Crippen LogP contribution is 2.31. The van der Waals surface area contributed by atoms with Gasteiger partial charge in [-0.3, -0.25) is 15.0 Å². The number of benzene rings is 1. The number of carbonyl (C=O) groups excluding carboxylic acids is 2. The van der Waals surface area contributed by atoms with Crippen molar-refractivity contribution in [3.63, 3.8) is 0 Å². The number of halogens is 1. The highest BCUT2D eigenvalue weighted by molar-refractivity contribution is 9.10. The Labute approximate surface area is 166 Å². The second-order valence-electron chi connectivity index (χ2n) is 5.77. The summed E-state index contributed by atoms with van der Waals surface area (Å²) in [7, 11) is 0. The molecule has 134 valence electrons. The van der Waals surface area contributed by atoms with E-state index < -0.39 is 0 Å². The van der Waals surface area contributed by atoms with Crippen LogP contribution in [0.5, 0.6) is 0 Å². The Morgan fingerprint density at radius 3 is 2.60 bits per heavy atom. The van der Waals surface area contributed by atoms with E-state index in [9.17, 15) is 9.59 Å². The highest BCUT2D eigenvalue weighted by atomic mass is 79.9. The van der Waals surface area contributed by atoms with Crippen LogP contribution in [0.4, 0.5) is 0 Å². The number of nitrogens with one attached hydrogen (secondary N) is 1. The van der Waals surface area contributed by atoms with E-state index in [-0.39, 0.29) is 11.8 Å². The molecule has 2 amide bonds. The van der Waals surface area contributed by atoms with Gasteiger partial charge in [0.15, 0.2) is 4.32 Å². The van der Waals surface area contributed by atoms with Crippen LogP contribution in [0.3, 0.4) is 0 Å². The molecule has 0 radical (unpaired) electrons. The number of nitrogens with zero attached hydrogens (tertiary/aromatic N) is 1. The average Bonchev–Trinajstić information content (AvgIpc) is 2.84. The smallest absolute Gasteiger partial charge is 0.273 e. The molecule has 1 fully saturated rings. The molecule has 0 atom stereocenters. The molecule has 1 aromatic carbocycles. The number of hydrogen-bond donors (Lipinski definition) is 1. The minimum absolute atomic E-state index is 0.169. The third kappa shape index (κ3) is 6.24. The van der Waals surface area contributed by atoms with Crippen LogP contribution in [0.15, 0.2) is 33.6 Å². The Balaban J connectivity index is 1.90. The zero-order valence-electron chi connectivity index (χ0n) is 14.1. The van der Waals surface area contributed by atoms with Crippen molar-refractivity contribution in [2.45, 2.75) is 45.4 Å². The predicted octanol–water partition coefficient (Wildman–Crippen LogP) is 5.04. The molecule has 25 heavy (non-hydrogen) atoms. The van der Waals surface area contributed by atoms with E-state index in [0.29, 0.717) is 15.6 Å². The Bertz CT molecular complexity index is 674. The molecule has 0 unspecified atom stereocenters. The van der Waals surface area contributed by atoms with E-state index in [0.717, 1.165) is 29.3 Å². The van der Waals surface area contributed by atoms with Crippen LogP contribution in [0.25, 0.3) is 6.08 Å². The first-order chi connectivity index (χ1) is 12.0. The third-order valence-electron chi connectivity index (χ3n) is 3.71.